The summed E-state index contributed by atoms with van der Waals surface area (Å²) in [4.78, 5) is 11.8. The highest BCUT2D eigenvalue weighted by atomic mass is 28.4. The van der Waals surface area contributed by atoms with Crippen LogP contribution in [0.5, 0.6) is 0 Å². The van der Waals surface area contributed by atoms with Gasteiger partial charge in [-0.05, 0) is 51.0 Å². The minimum Gasteiger partial charge on any atom is -0.520 e. The molecule has 0 fully saturated rings. The normalized spacial score (nSPS) is 12.5. The van der Waals surface area contributed by atoms with Crippen molar-refractivity contribution in [2.24, 2.45) is 0 Å². The molecule has 0 rings (SSSR count). The summed E-state index contributed by atoms with van der Waals surface area (Å²) in [7, 11) is -3.90. The fourth-order valence-electron chi connectivity index (χ4n) is 2.04. The van der Waals surface area contributed by atoms with Crippen LogP contribution in [0.25, 0.3) is 0 Å². The molecule has 21 heavy (non-hydrogen) atoms. The second-order valence-electron chi connectivity index (χ2n) is 6.40. The third-order valence-corrected chi connectivity index (χ3v) is 7.53. The van der Waals surface area contributed by atoms with E-state index in [1.165, 1.54) is 0 Å². The SMILES string of the molecule is CCCO[Si](CC)(CCCC(=O)O[Si](C)(C)C)OCCC. The highest BCUT2D eigenvalue weighted by molar-refractivity contribution is 6.71. The van der Waals surface area contributed by atoms with Gasteiger partial charge in [-0.2, -0.15) is 0 Å². The van der Waals surface area contributed by atoms with Crippen molar-refractivity contribution in [1.29, 1.82) is 0 Å². The molecule has 0 aliphatic rings. The molecule has 4 nitrogen and oxygen atoms in total. The van der Waals surface area contributed by atoms with Crippen LogP contribution in [0.1, 0.15) is 46.5 Å². The van der Waals surface area contributed by atoms with Crippen molar-refractivity contribution in [1.82, 2.24) is 0 Å². The third kappa shape index (κ3) is 10.2. The summed E-state index contributed by atoms with van der Waals surface area (Å²) < 4.78 is 17.7. The summed E-state index contributed by atoms with van der Waals surface area (Å²) in [5.74, 6) is -0.0702. The lowest BCUT2D eigenvalue weighted by molar-refractivity contribution is -0.135. The first kappa shape index (κ1) is 20.8. The average Bonchev–Trinajstić information content (AvgIpc) is 2.39. The van der Waals surface area contributed by atoms with E-state index in [-0.39, 0.29) is 5.97 Å². The monoisotopic (exact) mass is 334 g/mol. The Labute approximate surface area is 132 Å². The lowest BCUT2D eigenvalue weighted by Gasteiger charge is -2.30. The van der Waals surface area contributed by atoms with Crippen LogP contribution in [0, 0.1) is 0 Å². The van der Waals surface area contributed by atoms with E-state index in [9.17, 15) is 4.79 Å². The molecule has 0 atom stereocenters. The van der Waals surface area contributed by atoms with Crippen LogP contribution in [0.4, 0.5) is 0 Å². The van der Waals surface area contributed by atoms with E-state index in [4.69, 9.17) is 13.3 Å². The van der Waals surface area contributed by atoms with E-state index in [0.29, 0.717) is 6.42 Å². The number of rotatable bonds is 12. The molecule has 0 aromatic heterocycles. The Kier molecular flexibility index (Phi) is 10.4. The van der Waals surface area contributed by atoms with Crippen molar-refractivity contribution in [2.75, 3.05) is 13.2 Å². The highest BCUT2D eigenvalue weighted by Gasteiger charge is 2.35. The van der Waals surface area contributed by atoms with E-state index < -0.39 is 16.9 Å². The first-order valence-corrected chi connectivity index (χ1v) is 13.9. The van der Waals surface area contributed by atoms with Crippen molar-refractivity contribution in [2.45, 2.75) is 78.2 Å². The average molecular weight is 335 g/mol. The number of hydrogen-bond donors (Lipinski definition) is 0. The van der Waals surface area contributed by atoms with Gasteiger partial charge in [0.05, 0.1) is 0 Å². The summed E-state index contributed by atoms with van der Waals surface area (Å²) in [5, 5.41) is 0. The molecule has 0 bridgehead atoms. The Morgan fingerprint density at radius 1 is 0.952 bits per heavy atom. The molecule has 0 unspecified atom stereocenters. The molecule has 0 aromatic carbocycles. The molecule has 0 N–H and O–H groups in total. The van der Waals surface area contributed by atoms with Crippen LogP contribution in [-0.2, 0) is 18.1 Å². The summed E-state index contributed by atoms with van der Waals surface area (Å²) in [6, 6.07) is 1.82. The summed E-state index contributed by atoms with van der Waals surface area (Å²) in [6.07, 6.45) is 3.28. The van der Waals surface area contributed by atoms with Crippen LogP contribution >= 0.6 is 0 Å². The molecule has 126 valence electrons. The van der Waals surface area contributed by atoms with Gasteiger partial charge >= 0.3 is 8.56 Å². The maximum atomic E-state index is 11.8. The molecule has 0 radical (unpaired) electrons. The van der Waals surface area contributed by atoms with Gasteiger partial charge in [-0.25, -0.2) is 0 Å². The number of carbonyl (C=O) groups excluding carboxylic acids is 1. The second kappa shape index (κ2) is 10.5. The van der Waals surface area contributed by atoms with Crippen molar-refractivity contribution in [3.05, 3.63) is 0 Å². The topological polar surface area (TPSA) is 44.8 Å². The molecule has 0 spiro atoms. The van der Waals surface area contributed by atoms with Crippen LogP contribution in [0.15, 0.2) is 0 Å². The first-order chi connectivity index (χ1) is 9.78. The van der Waals surface area contributed by atoms with Gasteiger partial charge in [0.25, 0.3) is 5.97 Å². The zero-order valence-corrected chi connectivity index (χ0v) is 16.8. The summed E-state index contributed by atoms with van der Waals surface area (Å²) in [5.41, 5.74) is 0. The lowest BCUT2D eigenvalue weighted by atomic mass is 10.3. The molecule has 0 aliphatic heterocycles. The largest absolute Gasteiger partial charge is 0.520 e. The smallest absolute Gasteiger partial charge is 0.337 e. The van der Waals surface area contributed by atoms with Gasteiger partial charge in [0.1, 0.15) is 0 Å². The molecule has 6 heteroatoms. The molecule has 0 aliphatic carbocycles. The standard InChI is InChI=1S/C15H34O4Si2/c1-7-12-17-21(9-3,18-13-8-2)14-10-11-15(16)19-20(4,5)6/h7-14H2,1-6H3. The second-order valence-corrected chi connectivity index (χ2v) is 14.4. The van der Waals surface area contributed by atoms with E-state index in [1.54, 1.807) is 0 Å². The fraction of sp³-hybridized carbons (Fsp3) is 0.933. The Balaban J connectivity index is 4.36. The first-order valence-electron chi connectivity index (χ1n) is 8.28. The van der Waals surface area contributed by atoms with Crippen molar-refractivity contribution in [3.63, 3.8) is 0 Å². The highest BCUT2D eigenvalue weighted by Crippen LogP contribution is 2.23. The van der Waals surface area contributed by atoms with Gasteiger partial charge in [0.15, 0.2) is 0 Å². The van der Waals surface area contributed by atoms with E-state index >= 15 is 0 Å². The molecular formula is C15H34O4Si2. The Hall–Kier alpha value is -0.176. The number of carbonyl (C=O) groups is 1. The summed E-state index contributed by atoms with van der Waals surface area (Å²) >= 11 is 0. The van der Waals surface area contributed by atoms with E-state index in [1.807, 2.05) is 19.6 Å². The molecule has 0 amide bonds. The predicted molar refractivity (Wildman–Crippen MR) is 92.2 cm³/mol. The lowest BCUT2D eigenvalue weighted by Crippen LogP contribution is -2.42. The van der Waals surface area contributed by atoms with E-state index in [2.05, 4.69) is 20.8 Å². The Bertz CT molecular complexity index is 282. The molecule has 0 heterocycles. The minimum absolute atomic E-state index is 0.0702. The quantitative estimate of drug-likeness (QED) is 0.494. The van der Waals surface area contributed by atoms with Crippen molar-refractivity contribution >= 4 is 22.8 Å². The molecule has 0 aromatic rings. The number of hydrogen-bond acceptors (Lipinski definition) is 4. The molecular weight excluding hydrogens is 300 g/mol. The predicted octanol–water partition coefficient (Wildman–Crippen LogP) is 4.46. The van der Waals surface area contributed by atoms with Gasteiger partial charge in [0, 0.05) is 19.6 Å². The maximum Gasteiger partial charge on any atom is 0.337 e. The maximum absolute atomic E-state index is 11.8. The fourth-order valence-corrected chi connectivity index (χ4v) is 5.82. The van der Waals surface area contributed by atoms with Gasteiger partial charge in [-0.1, -0.05) is 20.8 Å². The van der Waals surface area contributed by atoms with E-state index in [0.717, 1.165) is 44.6 Å². The van der Waals surface area contributed by atoms with Crippen LogP contribution in [0.3, 0.4) is 0 Å². The minimum atomic E-state index is -2.13. The van der Waals surface area contributed by atoms with Gasteiger partial charge < -0.3 is 13.3 Å². The molecule has 0 saturated carbocycles. The Morgan fingerprint density at radius 2 is 1.48 bits per heavy atom. The van der Waals surface area contributed by atoms with Crippen molar-refractivity contribution in [3.8, 4) is 0 Å². The van der Waals surface area contributed by atoms with Gasteiger partial charge in [-0.15, -0.1) is 0 Å². The van der Waals surface area contributed by atoms with Crippen LogP contribution in [-0.4, -0.2) is 36.1 Å². The summed E-state index contributed by atoms with van der Waals surface area (Å²) in [6.45, 7) is 14.0. The Morgan fingerprint density at radius 3 is 1.86 bits per heavy atom. The van der Waals surface area contributed by atoms with Crippen LogP contribution < -0.4 is 0 Å². The zero-order chi connectivity index (χ0) is 16.4. The van der Waals surface area contributed by atoms with Gasteiger partial charge in [0.2, 0.25) is 8.32 Å². The third-order valence-electron chi connectivity index (χ3n) is 3.04. The van der Waals surface area contributed by atoms with Crippen LogP contribution in [0.2, 0.25) is 31.7 Å². The van der Waals surface area contributed by atoms with Crippen molar-refractivity contribution < 1.29 is 18.1 Å². The zero-order valence-electron chi connectivity index (χ0n) is 14.8. The van der Waals surface area contributed by atoms with Gasteiger partial charge in [-0.3, -0.25) is 4.79 Å². The molecule has 0 saturated heterocycles.